The summed E-state index contributed by atoms with van der Waals surface area (Å²) in [4.78, 5) is 2.59. The molecule has 1 fully saturated rings. The SMILES string of the molecule is CCC(C)(C(N)Cc1ccc(Br)cc1)N1CCCC1. The fourth-order valence-electron chi connectivity index (χ4n) is 3.04. The summed E-state index contributed by atoms with van der Waals surface area (Å²) < 4.78 is 1.13. The second kappa shape index (κ2) is 6.38. The highest BCUT2D eigenvalue weighted by Crippen LogP contribution is 2.28. The number of nitrogens with two attached hydrogens (primary N) is 1. The number of hydrogen-bond donors (Lipinski definition) is 1. The molecule has 0 bridgehead atoms. The lowest BCUT2D eigenvalue weighted by Gasteiger charge is -2.43. The third-order valence-corrected chi connectivity index (χ3v) is 5.24. The highest BCUT2D eigenvalue weighted by molar-refractivity contribution is 9.10. The lowest BCUT2D eigenvalue weighted by atomic mass is 9.84. The molecule has 1 aromatic rings. The first-order valence-electron chi connectivity index (χ1n) is 7.31. The fraction of sp³-hybridized carbons (Fsp3) is 0.625. The molecule has 0 aromatic heterocycles. The third kappa shape index (κ3) is 3.39. The highest BCUT2D eigenvalue weighted by atomic mass is 79.9. The first-order chi connectivity index (χ1) is 9.06. The van der Waals surface area contributed by atoms with Gasteiger partial charge in [0.1, 0.15) is 0 Å². The van der Waals surface area contributed by atoms with Gasteiger partial charge in [-0.05, 0) is 63.4 Å². The lowest BCUT2D eigenvalue weighted by Crippen LogP contribution is -2.57. The van der Waals surface area contributed by atoms with Gasteiger partial charge in [-0.25, -0.2) is 0 Å². The molecule has 2 atom stereocenters. The fourth-order valence-corrected chi connectivity index (χ4v) is 3.31. The average Bonchev–Trinajstić information content (AvgIpc) is 2.95. The van der Waals surface area contributed by atoms with Crippen molar-refractivity contribution in [1.82, 2.24) is 4.90 Å². The Balaban J connectivity index is 2.07. The third-order valence-electron chi connectivity index (χ3n) is 4.71. The molecule has 2 nitrogen and oxygen atoms in total. The van der Waals surface area contributed by atoms with Gasteiger partial charge in [0, 0.05) is 16.1 Å². The molecule has 1 aromatic carbocycles. The Kier molecular flexibility index (Phi) is 5.04. The summed E-state index contributed by atoms with van der Waals surface area (Å²) in [6.07, 6.45) is 4.71. The van der Waals surface area contributed by atoms with E-state index in [9.17, 15) is 0 Å². The number of rotatable bonds is 5. The summed E-state index contributed by atoms with van der Waals surface area (Å²) in [5, 5.41) is 0. The van der Waals surface area contributed by atoms with Crippen LogP contribution in [0.4, 0.5) is 0 Å². The second-order valence-electron chi connectivity index (χ2n) is 5.84. The topological polar surface area (TPSA) is 29.3 Å². The van der Waals surface area contributed by atoms with E-state index in [2.05, 4.69) is 58.9 Å². The molecule has 1 heterocycles. The van der Waals surface area contributed by atoms with Gasteiger partial charge < -0.3 is 5.73 Å². The molecule has 1 aliphatic heterocycles. The largest absolute Gasteiger partial charge is 0.326 e. The maximum Gasteiger partial charge on any atom is 0.0332 e. The second-order valence-corrected chi connectivity index (χ2v) is 6.76. The van der Waals surface area contributed by atoms with E-state index in [1.165, 1.54) is 31.5 Å². The molecule has 1 saturated heterocycles. The Labute approximate surface area is 125 Å². The smallest absolute Gasteiger partial charge is 0.0332 e. The summed E-state index contributed by atoms with van der Waals surface area (Å²) in [5.41, 5.74) is 8.02. The van der Waals surface area contributed by atoms with Gasteiger partial charge in [-0.15, -0.1) is 0 Å². The van der Waals surface area contributed by atoms with Gasteiger partial charge in [0.25, 0.3) is 0 Å². The van der Waals surface area contributed by atoms with Crippen LogP contribution in [0.25, 0.3) is 0 Å². The van der Waals surface area contributed by atoms with E-state index >= 15 is 0 Å². The number of halogens is 1. The van der Waals surface area contributed by atoms with Crippen LogP contribution in [-0.2, 0) is 6.42 Å². The number of likely N-dealkylation sites (tertiary alicyclic amines) is 1. The van der Waals surface area contributed by atoms with Gasteiger partial charge >= 0.3 is 0 Å². The van der Waals surface area contributed by atoms with Gasteiger partial charge in [0.15, 0.2) is 0 Å². The molecule has 19 heavy (non-hydrogen) atoms. The van der Waals surface area contributed by atoms with E-state index < -0.39 is 0 Å². The molecule has 0 aliphatic carbocycles. The molecule has 0 saturated carbocycles. The maximum atomic E-state index is 6.56. The minimum atomic E-state index is 0.129. The zero-order chi connectivity index (χ0) is 13.9. The maximum absolute atomic E-state index is 6.56. The van der Waals surface area contributed by atoms with Crippen LogP contribution < -0.4 is 5.73 Å². The van der Waals surface area contributed by atoms with Gasteiger partial charge in [-0.3, -0.25) is 4.90 Å². The summed E-state index contributed by atoms with van der Waals surface area (Å²) in [6, 6.07) is 8.73. The molecule has 1 aliphatic rings. The number of hydrogen-bond acceptors (Lipinski definition) is 2. The summed E-state index contributed by atoms with van der Waals surface area (Å²) in [6.45, 7) is 7.01. The van der Waals surface area contributed by atoms with Crippen molar-refractivity contribution in [2.75, 3.05) is 13.1 Å². The number of nitrogens with zero attached hydrogens (tertiary/aromatic N) is 1. The Morgan fingerprint density at radius 2 is 1.84 bits per heavy atom. The van der Waals surface area contributed by atoms with Crippen molar-refractivity contribution in [3.8, 4) is 0 Å². The highest BCUT2D eigenvalue weighted by Gasteiger charge is 2.37. The van der Waals surface area contributed by atoms with Crippen molar-refractivity contribution < 1.29 is 0 Å². The van der Waals surface area contributed by atoms with E-state index in [0.29, 0.717) is 0 Å². The zero-order valence-corrected chi connectivity index (χ0v) is 13.6. The van der Waals surface area contributed by atoms with Gasteiger partial charge in [-0.2, -0.15) is 0 Å². The average molecular weight is 325 g/mol. The molecule has 0 amide bonds. The van der Waals surface area contributed by atoms with Crippen LogP contribution in [0, 0.1) is 0 Å². The predicted molar refractivity (Wildman–Crippen MR) is 85.3 cm³/mol. The van der Waals surface area contributed by atoms with Crippen LogP contribution in [0.3, 0.4) is 0 Å². The van der Waals surface area contributed by atoms with Crippen LogP contribution >= 0.6 is 15.9 Å². The van der Waals surface area contributed by atoms with Crippen LogP contribution in [0.15, 0.2) is 28.7 Å². The molecule has 2 N–H and O–H groups in total. The zero-order valence-electron chi connectivity index (χ0n) is 12.0. The molecule has 2 unspecified atom stereocenters. The van der Waals surface area contributed by atoms with E-state index in [-0.39, 0.29) is 11.6 Å². The van der Waals surface area contributed by atoms with Gasteiger partial charge in [0.05, 0.1) is 0 Å². The normalized spacial score (nSPS) is 21.3. The minimum Gasteiger partial charge on any atom is -0.326 e. The van der Waals surface area contributed by atoms with Crippen molar-refractivity contribution in [1.29, 1.82) is 0 Å². The van der Waals surface area contributed by atoms with Crippen molar-refractivity contribution in [3.05, 3.63) is 34.3 Å². The van der Waals surface area contributed by atoms with Crippen LogP contribution in [0.2, 0.25) is 0 Å². The minimum absolute atomic E-state index is 0.129. The Hall–Kier alpha value is -0.380. The molecule has 0 radical (unpaired) electrons. The van der Waals surface area contributed by atoms with Crippen LogP contribution in [0.1, 0.15) is 38.7 Å². The first kappa shape index (κ1) is 15.0. The Bertz CT molecular complexity index is 398. The quantitative estimate of drug-likeness (QED) is 0.896. The summed E-state index contributed by atoms with van der Waals surface area (Å²) in [7, 11) is 0. The van der Waals surface area contributed by atoms with Gasteiger partial charge in [0.2, 0.25) is 0 Å². The van der Waals surface area contributed by atoms with Crippen LogP contribution in [0.5, 0.6) is 0 Å². The van der Waals surface area contributed by atoms with E-state index in [0.717, 1.165) is 17.3 Å². The molecule has 0 spiro atoms. The van der Waals surface area contributed by atoms with Crippen molar-refractivity contribution >= 4 is 15.9 Å². The first-order valence-corrected chi connectivity index (χ1v) is 8.10. The van der Waals surface area contributed by atoms with Crippen LogP contribution in [-0.4, -0.2) is 29.6 Å². The molecular formula is C16H25BrN2. The van der Waals surface area contributed by atoms with Crippen molar-refractivity contribution in [2.24, 2.45) is 5.73 Å². The Morgan fingerprint density at radius 1 is 1.26 bits per heavy atom. The standard InChI is InChI=1S/C16H25BrN2/c1-3-16(2,19-10-4-5-11-19)15(18)12-13-6-8-14(17)9-7-13/h6-9,15H,3-5,10-12,18H2,1-2H3. The summed E-state index contributed by atoms with van der Waals surface area (Å²) >= 11 is 3.48. The molecule has 106 valence electrons. The predicted octanol–water partition coefficient (Wildman–Crippen LogP) is 3.58. The Morgan fingerprint density at radius 3 is 2.37 bits per heavy atom. The lowest BCUT2D eigenvalue weighted by molar-refractivity contribution is 0.0999. The summed E-state index contributed by atoms with van der Waals surface area (Å²) in [5.74, 6) is 0. The molecule has 3 heteroatoms. The number of benzene rings is 1. The van der Waals surface area contributed by atoms with E-state index in [1.54, 1.807) is 0 Å². The van der Waals surface area contributed by atoms with Gasteiger partial charge in [-0.1, -0.05) is 35.0 Å². The van der Waals surface area contributed by atoms with E-state index in [1.807, 2.05) is 0 Å². The molecule has 2 rings (SSSR count). The van der Waals surface area contributed by atoms with Crippen molar-refractivity contribution in [2.45, 2.75) is 51.1 Å². The monoisotopic (exact) mass is 324 g/mol. The van der Waals surface area contributed by atoms with Crippen molar-refractivity contribution in [3.63, 3.8) is 0 Å². The van der Waals surface area contributed by atoms with E-state index in [4.69, 9.17) is 5.73 Å². The molecular weight excluding hydrogens is 300 g/mol.